The summed E-state index contributed by atoms with van der Waals surface area (Å²) in [5.74, 6) is 0. The third-order valence-electron chi connectivity index (χ3n) is 5.53. The number of benzene rings is 4. The lowest BCUT2D eigenvalue weighted by atomic mass is 10.1. The van der Waals surface area contributed by atoms with Crippen molar-refractivity contribution < 1.29 is 0 Å². The molecule has 5 rings (SSSR count). The zero-order chi connectivity index (χ0) is 22.1. The van der Waals surface area contributed by atoms with Crippen LogP contribution < -0.4 is 4.90 Å². The van der Waals surface area contributed by atoms with Gasteiger partial charge in [0.15, 0.2) is 0 Å². The van der Waals surface area contributed by atoms with Crippen molar-refractivity contribution in [2.24, 2.45) is 0 Å². The first-order chi connectivity index (χ1) is 15.6. The topological polar surface area (TPSA) is 3.24 Å². The Morgan fingerprint density at radius 2 is 1.62 bits per heavy atom. The Morgan fingerprint density at radius 3 is 2.44 bits per heavy atom. The summed E-state index contributed by atoms with van der Waals surface area (Å²) in [7, 11) is 0. The summed E-state index contributed by atoms with van der Waals surface area (Å²) in [6.07, 6.45) is 1.93. The molecule has 4 aromatic carbocycles. The Balaban J connectivity index is 1.61. The smallest absolute Gasteiger partial charge is 0.0817 e. The molecule has 5 aromatic rings. The molecule has 0 bridgehead atoms. The minimum atomic E-state index is 0.176. The summed E-state index contributed by atoms with van der Waals surface area (Å²) in [6.45, 7) is 6.25. The Morgan fingerprint density at radius 1 is 0.844 bits per heavy atom. The average molecular weight is 472 g/mol. The Labute approximate surface area is 202 Å². The number of thioether (sulfide) groups is 1. The van der Waals surface area contributed by atoms with E-state index in [9.17, 15) is 0 Å². The molecule has 0 spiro atoms. The first kappa shape index (κ1) is 21.1. The van der Waals surface area contributed by atoms with Crippen molar-refractivity contribution in [1.82, 2.24) is 0 Å². The number of nitrogens with zero attached hydrogens (tertiary/aromatic N) is 1. The predicted octanol–water partition coefficient (Wildman–Crippen LogP) is 9.63. The molecule has 1 atom stereocenters. The van der Waals surface area contributed by atoms with Gasteiger partial charge < -0.3 is 4.90 Å². The fraction of sp³-hybridized carbons (Fsp3) is 0.0714. The highest BCUT2D eigenvalue weighted by molar-refractivity contribution is 8.00. The zero-order valence-corrected chi connectivity index (χ0v) is 20.1. The molecular formula is C28H22ClNS2. The van der Waals surface area contributed by atoms with Gasteiger partial charge in [-0.25, -0.2) is 0 Å². The van der Waals surface area contributed by atoms with Crippen molar-refractivity contribution in [1.29, 1.82) is 0 Å². The van der Waals surface area contributed by atoms with Crippen molar-refractivity contribution in [2.75, 3.05) is 4.90 Å². The van der Waals surface area contributed by atoms with E-state index in [4.69, 9.17) is 11.6 Å². The number of halogens is 1. The highest BCUT2D eigenvalue weighted by Crippen LogP contribution is 2.41. The number of rotatable bonds is 6. The molecule has 1 unspecified atom stereocenters. The lowest BCUT2D eigenvalue weighted by Crippen LogP contribution is -2.25. The summed E-state index contributed by atoms with van der Waals surface area (Å²) in [6, 6.07) is 32.0. The van der Waals surface area contributed by atoms with Crippen LogP contribution in [0.5, 0.6) is 0 Å². The zero-order valence-electron chi connectivity index (χ0n) is 17.7. The summed E-state index contributed by atoms with van der Waals surface area (Å²) in [4.78, 5) is 3.64. The molecule has 32 heavy (non-hydrogen) atoms. The molecular weight excluding hydrogens is 450 g/mol. The maximum absolute atomic E-state index is 6.24. The normalized spacial score (nSPS) is 12.2. The van der Waals surface area contributed by atoms with E-state index in [0.29, 0.717) is 0 Å². The van der Waals surface area contributed by atoms with Crippen LogP contribution in [0, 0.1) is 0 Å². The minimum Gasteiger partial charge on any atom is -0.329 e. The van der Waals surface area contributed by atoms with Gasteiger partial charge in [-0.3, -0.25) is 0 Å². The number of anilines is 2. The Kier molecular flexibility index (Phi) is 5.97. The number of fused-ring (bicyclic) bond motifs is 3. The van der Waals surface area contributed by atoms with E-state index < -0.39 is 0 Å². The quantitative estimate of drug-likeness (QED) is 0.179. The Bertz CT molecular complexity index is 1410. The van der Waals surface area contributed by atoms with Gasteiger partial charge >= 0.3 is 0 Å². The first-order valence-electron chi connectivity index (χ1n) is 10.5. The molecule has 0 saturated carbocycles. The highest BCUT2D eigenvalue weighted by Gasteiger charge is 2.20. The van der Waals surface area contributed by atoms with E-state index in [1.807, 2.05) is 23.9 Å². The lowest BCUT2D eigenvalue weighted by molar-refractivity contribution is 0.958. The van der Waals surface area contributed by atoms with Gasteiger partial charge in [-0.05, 0) is 61.0 Å². The minimum absolute atomic E-state index is 0.176. The third-order valence-corrected chi connectivity index (χ3v) is 8.08. The van der Waals surface area contributed by atoms with E-state index in [-0.39, 0.29) is 5.37 Å². The highest BCUT2D eigenvalue weighted by atomic mass is 35.5. The molecule has 1 aromatic heterocycles. The number of thiophene rings is 1. The Hall–Kier alpha value is -2.72. The molecule has 0 aliphatic carbocycles. The van der Waals surface area contributed by atoms with E-state index >= 15 is 0 Å². The van der Waals surface area contributed by atoms with Crippen LogP contribution in [0.3, 0.4) is 0 Å². The predicted molar refractivity (Wildman–Crippen MR) is 145 cm³/mol. The second kappa shape index (κ2) is 9.03. The fourth-order valence-electron chi connectivity index (χ4n) is 4.04. The monoisotopic (exact) mass is 471 g/mol. The average Bonchev–Trinajstić information content (AvgIpc) is 3.17. The first-order valence-corrected chi connectivity index (χ1v) is 12.6. The molecule has 0 aliphatic rings. The van der Waals surface area contributed by atoms with Gasteiger partial charge in [0.25, 0.3) is 0 Å². The van der Waals surface area contributed by atoms with Crippen molar-refractivity contribution in [3.8, 4) is 0 Å². The molecule has 0 radical (unpaired) electrons. The summed E-state index contributed by atoms with van der Waals surface area (Å²) in [5.41, 5.74) is 3.51. The van der Waals surface area contributed by atoms with Gasteiger partial charge in [0.2, 0.25) is 0 Å². The van der Waals surface area contributed by atoms with Crippen LogP contribution in [-0.4, -0.2) is 5.37 Å². The van der Waals surface area contributed by atoms with E-state index in [1.54, 1.807) is 11.3 Å². The van der Waals surface area contributed by atoms with Gasteiger partial charge in [-0.2, -0.15) is 0 Å². The largest absolute Gasteiger partial charge is 0.329 e. The SMILES string of the molecule is C=Cc1ccccc1SC(C)N(c1ccccc1)c1ccc2sc3cc(Cl)ccc3c2c1. The van der Waals surface area contributed by atoms with Crippen LogP contribution >= 0.6 is 34.7 Å². The molecule has 1 nitrogen and oxygen atoms in total. The molecule has 0 fully saturated rings. The molecule has 1 heterocycles. The lowest BCUT2D eigenvalue weighted by Gasteiger charge is -2.31. The standard InChI is InChI=1S/C28H22ClNS2/c1-3-20-9-7-8-12-26(20)31-19(2)30(22-10-5-4-6-11-22)23-14-16-27-25(18-23)24-15-13-21(29)17-28(24)32-27/h3-19H,1H2,2H3. The third kappa shape index (κ3) is 4.04. The number of hydrogen-bond acceptors (Lipinski definition) is 3. The van der Waals surface area contributed by atoms with Crippen molar-refractivity contribution in [3.05, 3.63) is 108 Å². The summed E-state index contributed by atoms with van der Waals surface area (Å²) < 4.78 is 2.49. The summed E-state index contributed by atoms with van der Waals surface area (Å²) in [5, 5.41) is 3.47. The van der Waals surface area contributed by atoms with E-state index in [2.05, 4.69) is 103 Å². The molecule has 0 aliphatic heterocycles. The van der Waals surface area contributed by atoms with Gasteiger partial charge in [0, 0.05) is 41.5 Å². The van der Waals surface area contributed by atoms with Crippen LogP contribution in [0.15, 0.2) is 102 Å². The van der Waals surface area contributed by atoms with Crippen molar-refractivity contribution >= 4 is 72.3 Å². The molecule has 4 heteroatoms. The second-order valence-corrected chi connectivity index (χ2v) is 10.5. The summed E-state index contributed by atoms with van der Waals surface area (Å²) >= 11 is 9.87. The van der Waals surface area contributed by atoms with Crippen LogP contribution in [0.2, 0.25) is 5.02 Å². The van der Waals surface area contributed by atoms with E-state index in [0.717, 1.165) is 10.6 Å². The number of hydrogen-bond donors (Lipinski definition) is 0. The van der Waals surface area contributed by atoms with Crippen molar-refractivity contribution in [2.45, 2.75) is 17.2 Å². The van der Waals surface area contributed by atoms with Crippen LogP contribution in [0.1, 0.15) is 12.5 Å². The maximum atomic E-state index is 6.24. The van der Waals surface area contributed by atoms with Crippen LogP contribution in [0.25, 0.3) is 26.2 Å². The van der Waals surface area contributed by atoms with Gasteiger partial charge in [-0.1, -0.05) is 66.7 Å². The van der Waals surface area contributed by atoms with Crippen LogP contribution in [-0.2, 0) is 0 Å². The van der Waals surface area contributed by atoms with Gasteiger partial charge in [0.05, 0.1) is 5.37 Å². The van der Waals surface area contributed by atoms with Crippen LogP contribution in [0.4, 0.5) is 11.4 Å². The van der Waals surface area contributed by atoms with Crippen molar-refractivity contribution in [3.63, 3.8) is 0 Å². The van der Waals surface area contributed by atoms with Gasteiger partial charge in [-0.15, -0.1) is 23.1 Å². The van der Waals surface area contributed by atoms with E-state index in [1.165, 1.54) is 36.4 Å². The second-order valence-electron chi connectivity index (χ2n) is 7.59. The molecule has 0 amide bonds. The number of para-hydroxylation sites is 1. The van der Waals surface area contributed by atoms with Gasteiger partial charge in [0.1, 0.15) is 0 Å². The fourth-order valence-corrected chi connectivity index (χ4v) is 6.56. The maximum Gasteiger partial charge on any atom is 0.0817 e. The molecule has 158 valence electrons. The molecule has 0 saturated heterocycles. The molecule has 0 N–H and O–H groups in total.